The molecule has 2 heterocycles. The first-order chi connectivity index (χ1) is 16.2. The molecule has 0 amide bonds. The first-order valence-electron chi connectivity index (χ1n) is 10.4. The molecule has 0 aliphatic heterocycles. The maximum atomic E-state index is 5.47. The van der Waals surface area contributed by atoms with Crippen LogP contribution in [-0.4, -0.2) is 38.8 Å². The van der Waals surface area contributed by atoms with Gasteiger partial charge < -0.3 is 14.2 Å². The smallest absolute Gasteiger partial charge is 0.206 e. The molecule has 0 fully saturated rings. The lowest BCUT2D eigenvalue weighted by Gasteiger charge is -2.12. The van der Waals surface area contributed by atoms with Gasteiger partial charge in [0.25, 0.3) is 0 Å². The Kier molecular flexibility index (Phi) is 7.59. The van der Waals surface area contributed by atoms with Crippen molar-refractivity contribution < 1.29 is 14.2 Å². The number of nitrogens with zero attached hydrogens (tertiary/aromatic N) is 3. The second kappa shape index (κ2) is 11.0. The van der Waals surface area contributed by atoms with E-state index in [4.69, 9.17) is 24.3 Å². The Morgan fingerprint density at radius 1 is 0.909 bits per heavy atom. The predicted molar refractivity (Wildman–Crippen MR) is 135 cm³/mol. The van der Waals surface area contributed by atoms with Crippen LogP contribution in [-0.2, 0) is 6.42 Å². The third kappa shape index (κ3) is 5.35. The highest BCUT2D eigenvalue weighted by Gasteiger charge is 2.13. The molecule has 0 aliphatic carbocycles. The largest absolute Gasteiger partial charge is 0.493 e. The third-order valence-corrected chi connectivity index (χ3v) is 6.71. The van der Waals surface area contributed by atoms with E-state index in [-0.39, 0.29) is 0 Å². The maximum absolute atomic E-state index is 5.47. The van der Waals surface area contributed by atoms with Gasteiger partial charge in [0.15, 0.2) is 11.5 Å². The van der Waals surface area contributed by atoms with Crippen molar-refractivity contribution in [2.75, 3.05) is 27.9 Å². The number of ether oxygens (including phenoxy) is 3. The van der Waals surface area contributed by atoms with E-state index < -0.39 is 0 Å². The number of hydrogen-bond acceptors (Lipinski definition) is 7. The number of benzene rings is 2. The van der Waals surface area contributed by atoms with Crippen LogP contribution in [0.1, 0.15) is 11.1 Å². The van der Waals surface area contributed by atoms with Crippen molar-refractivity contribution >= 4 is 28.9 Å². The summed E-state index contributed by atoms with van der Waals surface area (Å²) in [6.45, 7) is 0.689. The minimum Gasteiger partial charge on any atom is -0.493 e. The van der Waals surface area contributed by atoms with Crippen molar-refractivity contribution in [3.8, 4) is 27.8 Å². The van der Waals surface area contributed by atoms with E-state index >= 15 is 0 Å². The topological polar surface area (TPSA) is 57.3 Å². The maximum Gasteiger partial charge on any atom is 0.206 e. The van der Waals surface area contributed by atoms with E-state index in [0.29, 0.717) is 23.8 Å². The highest BCUT2D eigenvalue weighted by Crippen LogP contribution is 2.37. The molecule has 0 unspecified atom stereocenters. The van der Waals surface area contributed by atoms with Crippen molar-refractivity contribution in [3.05, 3.63) is 81.3 Å². The van der Waals surface area contributed by atoms with Crippen molar-refractivity contribution in [2.45, 2.75) is 6.42 Å². The van der Waals surface area contributed by atoms with Gasteiger partial charge in [-0.1, -0.05) is 36.4 Å². The Bertz CT molecular complexity index is 1250. The second-order valence-electron chi connectivity index (χ2n) is 7.01. The fourth-order valence-electron chi connectivity index (χ4n) is 3.34. The minimum absolute atomic E-state index is 0.552. The zero-order valence-electron chi connectivity index (χ0n) is 18.7. The molecule has 6 nitrogen and oxygen atoms in total. The quantitative estimate of drug-likeness (QED) is 0.305. The van der Waals surface area contributed by atoms with Crippen LogP contribution in [0.5, 0.6) is 17.2 Å². The molecule has 0 radical (unpaired) electrons. The summed E-state index contributed by atoms with van der Waals surface area (Å²) < 4.78 is 18.3. The van der Waals surface area contributed by atoms with Crippen LogP contribution >= 0.6 is 22.7 Å². The summed E-state index contributed by atoms with van der Waals surface area (Å²) in [7, 11) is 4.79. The molecule has 0 aliphatic rings. The van der Waals surface area contributed by atoms with Gasteiger partial charge in [-0.3, -0.25) is 4.99 Å². The number of thiazole rings is 1. The van der Waals surface area contributed by atoms with E-state index in [1.165, 1.54) is 5.56 Å². The molecule has 0 N–H and O–H groups in total. The summed E-state index contributed by atoms with van der Waals surface area (Å²) in [5.41, 5.74) is 3.11. The summed E-state index contributed by atoms with van der Waals surface area (Å²) in [5, 5.41) is 8.95. The van der Waals surface area contributed by atoms with Crippen molar-refractivity contribution in [1.82, 2.24) is 4.68 Å². The van der Waals surface area contributed by atoms with Gasteiger partial charge in [0.2, 0.25) is 10.6 Å². The monoisotopic (exact) mass is 479 g/mol. The van der Waals surface area contributed by atoms with Crippen LogP contribution in [0.2, 0.25) is 0 Å². The highest BCUT2D eigenvalue weighted by molar-refractivity contribution is 7.14. The molecular weight excluding hydrogens is 454 g/mol. The van der Waals surface area contributed by atoms with Gasteiger partial charge in [0.05, 0.1) is 38.1 Å². The number of methoxy groups -OCH3 is 3. The fourth-order valence-corrected chi connectivity index (χ4v) is 5.00. The van der Waals surface area contributed by atoms with E-state index in [1.807, 2.05) is 28.9 Å². The Morgan fingerprint density at radius 3 is 2.30 bits per heavy atom. The molecule has 0 atom stereocenters. The molecule has 170 valence electrons. The van der Waals surface area contributed by atoms with Gasteiger partial charge in [-0.2, -0.15) is 5.10 Å². The lowest BCUT2D eigenvalue weighted by molar-refractivity contribution is 0.324. The molecule has 8 heteroatoms. The average molecular weight is 480 g/mol. The molecule has 4 rings (SSSR count). The van der Waals surface area contributed by atoms with Crippen LogP contribution in [0.4, 0.5) is 0 Å². The summed E-state index contributed by atoms with van der Waals surface area (Å²) >= 11 is 3.26. The summed E-state index contributed by atoms with van der Waals surface area (Å²) in [5.74, 6) is 1.72. The fraction of sp³-hybridized carbons (Fsp3) is 0.200. The Labute approximate surface area is 201 Å². The molecule has 2 aromatic heterocycles. The van der Waals surface area contributed by atoms with Gasteiger partial charge in [0, 0.05) is 17.5 Å². The van der Waals surface area contributed by atoms with Crippen molar-refractivity contribution in [2.24, 2.45) is 10.1 Å². The summed E-state index contributed by atoms with van der Waals surface area (Å²) in [4.78, 5) is 6.82. The van der Waals surface area contributed by atoms with Crippen molar-refractivity contribution in [1.29, 1.82) is 0 Å². The van der Waals surface area contributed by atoms with Crippen LogP contribution in [0.25, 0.3) is 10.6 Å². The van der Waals surface area contributed by atoms with Gasteiger partial charge in [-0.25, -0.2) is 4.68 Å². The van der Waals surface area contributed by atoms with Gasteiger partial charge in [0.1, 0.15) is 0 Å². The zero-order valence-corrected chi connectivity index (χ0v) is 20.4. The number of thiophene rings is 1. The molecule has 33 heavy (non-hydrogen) atoms. The standard InChI is InChI=1S/C25H25N3O3S2/c1-29-21-14-19(15-22(30-2)24(21)31-3)16-27-28-20(23-10-7-13-32-23)17-33-25(28)26-12-11-18-8-5-4-6-9-18/h4-10,13-17H,11-12H2,1-3H3. The zero-order chi connectivity index (χ0) is 23.0. The van der Waals surface area contributed by atoms with E-state index in [9.17, 15) is 0 Å². The second-order valence-corrected chi connectivity index (χ2v) is 8.80. The average Bonchev–Trinajstić information content (AvgIpc) is 3.52. The number of hydrogen-bond donors (Lipinski definition) is 0. The van der Waals surface area contributed by atoms with Crippen molar-refractivity contribution in [3.63, 3.8) is 0 Å². The predicted octanol–water partition coefficient (Wildman–Crippen LogP) is 5.33. The highest BCUT2D eigenvalue weighted by atomic mass is 32.1. The molecule has 2 aromatic carbocycles. The summed E-state index contributed by atoms with van der Waals surface area (Å²) in [6.07, 6.45) is 2.66. The Morgan fingerprint density at radius 2 is 1.67 bits per heavy atom. The lowest BCUT2D eigenvalue weighted by Crippen LogP contribution is -2.13. The third-order valence-electron chi connectivity index (χ3n) is 4.96. The number of rotatable bonds is 9. The molecule has 4 aromatic rings. The van der Waals surface area contributed by atoms with Gasteiger partial charge in [-0.05, 0) is 35.6 Å². The molecule has 0 spiro atoms. The van der Waals surface area contributed by atoms with E-state index in [1.54, 1.807) is 50.2 Å². The Balaban J connectivity index is 1.69. The van der Waals surface area contributed by atoms with Crippen LogP contribution in [0, 0.1) is 0 Å². The molecule has 0 saturated carbocycles. The van der Waals surface area contributed by atoms with E-state index in [0.717, 1.165) is 27.4 Å². The summed E-state index contributed by atoms with van der Waals surface area (Å²) in [6, 6.07) is 18.2. The van der Waals surface area contributed by atoms with E-state index in [2.05, 4.69) is 41.1 Å². The van der Waals surface area contributed by atoms with Crippen LogP contribution in [0.15, 0.2) is 75.5 Å². The molecular formula is C25H25N3O3S2. The molecule has 0 saturated heterocycles. The lowest BCUT2D eigenvalue weighted by atomic mass is 10.2. The van der Waals surface area contributed by atoms with Crippen LogP contribution in [0.3, 0.4) is 0 Å². The minimum atomic E-state index is 0.552. The number of aromatic nitrogens is 1. The van der Waals surface area contributed by atoms with Gasteiger partial charge in [-0.15, -0.1) is 22.7 Å². The normalized spacial score (nSPS) is 11.8. The molecule has 0 bridgehead atoms. The van der Waals surface area contributed by atoms with Gasteiger partial charge >= 0.3 is 0 Å². The Hall–Kier alpha value is -3.36. The SMILES string of the molecule is COc1cc(C=Nn2c(-c3cccs3)csc2=NCCc2ccccc2)cc(OC)c1OC. The first-order valence-corrected chi connectivity index (χ1v) is 12.1. The first kappa shape index (κ1) is 22.8. The van der Waals surface area contributed by atoms with Crippen LogP contribution < -0.4 is 19.0 Å².